The van der Waals surface area contributed by atoms with Crippen LogP contribution >= 0.6 is 0 Å². The molecule has 1 atom stereocenters. The molecule has 0 N–H and O–H groups in total. The SMILES string of the molecule is CCCCCCCCCc1ccc(C(=O)Oc2cccc3c2Cc2cc(OC(C)CCCCCC)ccc2-3)cc1. The van der Waals surface area contributed by atoms with Crippen molar-refractivity contribution in [3.8, 4) is 22.6 Å². The molecule has 0 fully saturated rings. The zero-order valence-corrected chi connectivity index (χ0v) is 25.0. The molecule has 40 heavy (non-hydrogen) atoms. The van der Waals surface area contributed by atoms with E-state index < -0.39 is 0 Å². The minimum Gasteiger partial charge on any atom is -0.491 e. The number of hydrogen-bond donors (Lipinski definition) is 0. The molecule has 0 aliphatic heterocycles. The van der Waals surface area contributed by atoms with Gasteiger partial charge in [0.1, 0.15) is 11.5 Å². The summed E-state index contributed by atoms with van der Waals surface area (Å²) in [6.07, 6.45) is 17.3. The Hall–Kier alpha value is -3.07. The van der Waals surface area contributed by atoms with Crippen molar-refractivity contribution in [3.05, 3.63) is 82.9 Å². The number of hydrogen-bond acceptors (Lipinski definition) is 3. The van der Waals surface area contributed by atoms with Gasteiger partial charge in [-0.05, 0) is 85.2 Å². The minimum absolute atomic E-state index is 0.206. The summed E-state index contributed by atoms with van der Waals surface area (Å²) < 4.78 is 12.2. The maximum absolute atomic E-state index is 13.0. The summed E-state index contributed by atoms with van der Waals surface area (Å²) >= 11 is 0. The lowest BCUT2D eigenvalue weighted by molar-refractivity contribution is 0.0733. The molecule has 214 valence electrons. The van der Waals surface area contributed by atoms with Crippen molar-refractivity contribution >= 4 is 5.97 Å². The van der Waals surface area contributed by atoms with Crippen LogP contribution in [0.1, 0.15) is 125 Å². The second kappa shape index (κ2) is 15.6. The molecule has 1 aliphatic rings. The van der Waals surface area contributed by atoms with E-state index in [0.717, 1.165) is 36.1 Å². The Bertz CT molecular complexity index is 1210. The van der Waals surface area contributed by atoms with E-state index in [1.54, 1.807) is 0 Å². The van der Waals surface area contributed by atoms with E-state index >= 15 is 0 Å². The van der Waals surface area contributed by atoms with Crippen molar-refractivity contribution < 1.29 is 14.3 Å². The Balaban J connectivity index is 1.31. The average Bonchev–Trinajstić information content (AvgIpc) is 3.34. The number of ether oxygens (including phenoxy) is 2. The van der Waals surface area contributed by atoms with Gasteiger partial charge in [-0.15, -0.1) is 0 Å². The van der Waals surface area contributed by atoms with Crippen molar-refractivity contribution in [2.24, 2.45) is 0 Å². The van der Waals surface area contributed by atoms with E-state index in [-0.39, 0.29) is 12.1 Å². The quantitative estimate of drug-likeness (QED) is 0.0759. The van der Waals surface area contributed by atoms with E-state index in [2.05, 4.69) is 57.2 Å². The lowest BCUT2D eigenvalue weighted by Gasteiger charge is -2.15. The lowest BCUT2D eigenvalue weighted by atomic mass is 10.0. The predicted molar refractivity (Wildman–Crippen MR) is 167 cm³/mol. The van der Waals surface area contributed by atoms with Crippen LogP contribution < -0.4 is 9.47 Å². The van der Waals surface area contributed by atoms with Gasteiger partial charge >= 0.3 is 5.97 Å². The van der Waals surface area contributed by atoms with Crippen LogP contribution in [0.15, 0.2) is 60.7 Å². The molecule has 0 amide bonds. The molecule has 0 bridgehead atoms. The van der Waals surface area contributed by atoms with Crippen LogP contribution in [-0.2, 0) is 12.8 Å². The molecular weight excluding hydrogens is 492 g/mol. The number of rotatable bonds is 17. The van der Waals surface area contributed by atoms with E-state index in [0.29, 0.717) is 11.3 Å². The predicted octanol–water partition coefficient (Wildman–Crippen LogP) is 10.5. The molecule has 1 unspecified atom stereocenters. The van der Waals surface area contributed by atoms with Gasteiger partial charge in [-0.2, -0.15) is 0 Å². The summed E-state index contributed by atoms with van der Waals surface area (Å²) in [6, 6.07) is 20.3. The van der Waals surface area contributed by atoms with Crippen LogP contribution in [0.5, 0.6) is 11.5 Å². The van der Waals surface area contributed by atoms with E-state index in [1.807, 2.05) is 24.3 Å². The fourth-order valence-electron chi connectivity index (χ4n) is 5.74. The molecule has 0 heterocycles. The third kappa shape index (κ3) is 8.46. The second-order valence-electron chi connectivity index (χ2n) is 11.5. The summed E-state index contributed by atoms with van der Waals surface area (Å²) in [6.45, 7) is 6.66. The van der Waals surface area contributed by atoms with Crippen LogP contribution in [0.4, 0.5) is 0 Å². The smallest absolute Gasteiger partial charge is 0.343 e. The largest absolute Gasteiger partial charge is 0.491 e. The lowest BCUT2D eigenvalue weighted by Crippen LogP contribution is -2.11. The highest BCUT2D eigenvalue weighted by Crippen LogP contribution is 2.42. The molecule has 1 aliphatic carbocycles. The van der Waals surface area contributed by atoms with Crippen molar-refractivity contribution in [3.63, 3.8) is 0 Å². The van der Waals surface area contributed by atoms with Gasteiger partial charge < -0.3 is 9.47 Å². The topological polar surface area (TPSA) is 35.5 Å². The fraction of sp³-hybridized carbons (Fsp3) is 0.486. The molecule has 0 spiro atoms. The summed E-state index contributed by atoms with van der Waals surface area (Å²) in [5.74, 6) is 1.27. The van der Waals surface area contributed by atoms with Crippen molar-refractivity contribution in [2.75, 3.05) is 0 Å². The first-order chi connectivity index (χ1) is 19.6. The van der Waals surface area contributed by atoms with Crippen LogP contribution in [0, 0.1) is 0 Å². The average molecular weight is 541 g/mol. The van der Waals surface area contributed by atoms with Crippen LogP contribution in [0.3, 0.4) is 0 Å². The number of esters is 1. The van der Waals surface area contributed by atoms with E-state index in [1.165, 1.54) is 87.3 Å². The van der Waals surface area contributed by atoms with Gasteiger partial charge in [0.2, 0.25) is 0 Å². The van der Waals surface area contributed by atoms with E-state index in [9.17, 15) is 4.79 Å². The van der Waals surface area contributed by atoms with Gasteiger partial charge in [0.25, 0.3) is 0 Å². The van der Waals surface area contributed by atoms with Crippen molar-refractivity contribution in [1.82, 2.24) is 0 Å². The first-order valence-corrected chi connectivity index (χ1v) is 15.8. The molecule has 0 radical (unpaired) electrons. The summed E-state index contributed by atoms with van der Waals surface area (Å²) in [7, 11) is 0. The summed E-state index contributed by atoms with van der Waals surface area (Å²) in [5, 5.41) is 0. The molecule has 0 aromatic heterocycles. The van der Waals surface area contributed by atoms with E-state index in [4.69, 9.17) is 9.47 Å². The standard InChI is InChI=1S/C37H48O3/c1-4-6-8-10-11-12-14-17-29-20-22-30(23-21-29)37(38)40-36-19-15-18-34-33-25-24-32(26-31(33)27-35(34)36)39-28(3)16-13-9-7-5-2/h15,18-26,28H,4-14,16-17,27H2,1-3H3. The Morgan fingerprint density at radius 2 is 1.48 bits per heavy atom. The number of aryl methyl sites for hydroxylation is 1. The monoisotopic (exact) mass is 540 g/mol. The van der Waals surface area contributed by atoms with Crippen LogP contribution in [0.25, 0.3) is 11.1 Å². The number of unbranched alkanes of at least 4 members (excludes halogenated alkanes) is 9. The maximum Gasteiger partial charge on any atom is 0.343 e. The molecule has 0 saturated carbocycles. The Kier molecular flexibility index (Phi) is 11.7. The molecule has 0 saturated heterocycles. The van der Waals surface area contributed by atoms with Crippen molar-refractivity contribution in [2.45, 2.75) is 117 Å². The van der Waals surface area contributed by atoms with Gasteiger partial charge in [-0.25, -0.2) is 4.79 Å². The first kappa shape index (κ1) is 29.9. The fourth-order valence-corrected chi connectivity index (χ4v) is 5.74. The highest BCUT2D eigenvalue weighted by molar-refractivity contribution is 5.92. The minimum atomic E-state index is -0.298. The molecule has 3 aromatic rings. The summed E-state index contributed by atoms with van der Waals surface area (Å²) in [5.41, 5.74) is 6.53. The second-order valence-corrected chi connectivity index (χ2v) is 11.5. The Morgan fingerprint density at radius 3 is 2.23 bits per heavy atom. The third-order valence-corrected chi connectivity index (χ3v) is 8.13. The van der Waals surface area contributed by atoms with Gasteiger partial charge in [0.05, 0.1) is 11.7 Å². The highest BCUT2D eigenvalue weighted by atomic mass is 16.5. The first-order valence-electron chi connectivity index (χ1n) is 15.8. The van der Waals surface area contributed by atoms with Crippen molar-refractivity contribution in [1.29, 1.82) is 0 Å². The van der Waals surface area contributed by atoms with Gasteiger partial charge in [0.15, 0.2) is 0 Å². The Morgan fingerprint density at radius 1 is 0.775 bits per heavy atom. The zero-order chi connectivity index (χ0) is 28.2. The molecule has 4 rings (SSSR count). The number of benzene rings is 3. The Labute approximate surface area is 242 Å². The molecular formula is C37H48O3. The molecule has 3 nitrogen and oxygen atoms in total. The zero-order valence-electron chi connectivity index (χ0n) is 25.0. The molecule has 3 heteroatoms. The normalized spacial score (nSPS) is 12.6. The maximum atomic E-state index is 13.0. The van der Waals surface area contributed by atoms with Gasteiger partial charge in [-0.1, -0.05) is 102 Å². The van der Waals surface area contributed by atoms with Gasteiger partial charge in [-0.3, -0.25) is 0 Å². The van der Waals surface area contributed by atoms with Gasteiger partial charge in [0, 0.05) is 12.0 Å². The highest BCUT2D eigenvalue weighted by Gasteiger charge is 2.24. The number of carbonyl (C=O) groups excluding carboxylic acids is 1. The third-order valence-electron chi connectivity index (χ3n) is 8.13. The van der Waals surface area contributed by atoms with Crippen LogP contribution in [0.2, 0.25) is 0 Å². The molecule has 3 aromatic carbocycles. The summed E-state index contributed by atoms with van der Waals surface area (Å²) in [4.78, 5) is 13.0. The number of fused-ring (bicyclic) bond motifs is 3. The number of carbonyl (C=O) groups is 1. The van der Waals surface area contributed by atoms with Crippen LogP contribution in [-0.4, -0.2) is 12.1 Å².